The largest absolute Gasteiger partial charge is 0.330 e. The molecule has 104 valence electrons. The lowest BCUT2D eigenvalue weighted by molar-refractivity contribution is 0.0751. The second-order valence-electron chi connectivity index (χ2n) is 4.90. The van der Waals surface area contributed by atoms with Crippen LogP contribution in [-0.4, -0.2) is 22.3 Å². The summed E-state index contributed by atoms with van der Waals surface area (Å²) >= 11 is 0. The quantitative estimate of drug-likeness (QED) is 0.805. The summed E-state index contributed by atoms with van der Waals surface area (Å²) in [6, 6.07) is 9.88. The number of carbonyl (C=O) groups excluding carboxylic acids is 1. The number of fused-ring (bicyclic) bond motifs is 1. The Morgan fingerprint density at radius 1 is 1.24 bits per heavy atom. The first kappa shape index (κ1) is 13.3. The van der Waals surface area contributed by atoms with Gasteiger partial charge in [0.25, 0.3) is 5.91 Å². The van der Waals surface area contributed by atoms with Gasteiger partial charge in [-0.25, -0.2) is 0 Å². The molecule has 4 heteroatoms. The Labute approximate surface area is 123 Å². The first-order valence-electron chi connectivity index (χ1n) is 6.78. The Kier molecular flexibility index (Phi) is 3.67. The molecule has 0 fully saturated rings. The van der Waals surface area contributed by atoms with Gasteiger partial charge in [0, 0.05) is 31.0 Å². The third-order valence-electron chi connectivity index (χ3n) is 3.45. The van der Waals surface area contributed by atoms with Gasteiger partial charge in [0.15, 0.2) is 0 Å². The topological polar surface area (TPSA) is 59.2 Å². The Morgan fingerprint density at radius 3 is 2.62 bits per heavy atom. The molecule has 4 nitrogen and oxygen atoms in total. The van der Waals surface area contributed by atoms with E-state index in [4.69, 9.17) is 5.73 Å². The smallest absolute Gasteiger partial charge is 0.256 e. The molecule has 0 bridgehead atoms. The average Bonchev–Trinajstić information content (AvgIpc) is 2.96. The van der Waals surface area contributed by atoms with Crippen LogP contribution in [0.15, 0.2) is 42.7 Å². The molecular formula is C17H15N3O. The first-order chi connectivity index (χ1) is 10.3. The van der Waals surface area contributed by atoms with Crippen molar-refractivity contribution in [3.63, 3.8) is 0 Å². The number of nitrogens with zero attached hydrogens (tertiary/aromatic N) is 2. The summed E-state index contributed by atoms with van der Waals surface area (Å²) in [5.41, 5.74) is 9.04. The number of aromatic nitrogens is 1. The highest BCUT2D eigenvalue weighted by Crippen LogP contribution is 2.23. The van der Waals surface area contributed by atoms with Gasteiger partial charge in [-0.15, -0.1) is 0 Å². The Bertz CT molecular complexity index is 718. The molecular weight excluding hydrogens is 262 g/mol. The zero-order valence-corrected chi connectivity index (χ0v) is 11.5. The molecule has 2 N–H and O–H groups in total. The van der Waals surface area contributed by atoms with E-state index in [1.54, 1.807) is 18.5 Å². The maximum absolute atomic E-state index is 12.6. The molecule has 21 heavy (non-hydrogen) atoms. The van der Waals surface area contributed by atoms with E-state index in [1.807, 2.05) is 17.0 Å². The Balaban J connectivity index is 1.81. The van der Waals surface area contributed by atoms with E-state index in [9.17, 15) is 4.79 Å². The van der Waals surface area contributed by atoms with Gasteiger partial charge < -0.3 is 10.6 Å². The van der Waals surface area contributed by atoms with Crippen molar-refractivity contribution in [1.82, 2.24) is 9.88 Å². The second-order valence-corrected chi connectivity index (χ2v) is 4.90. The minimum atomic E-state index is -0.0184. The first-order valence-corrected chi connectivity index (χ1v) is 6.78. The minimum absolute atomic E-state index is 0.0184. The molecule has 1 aromatic carbocycles. The number of amides is 1. The molecule has 2 heterocycles. The predicted molar refractivity (Wildman–Crippen MR) is 80.2 cm³/mol. The van der Waals surface area contributed by atoms with Crippen LogP contribution in [0.5, 0.6) is 0 Å². The third kappa shape index (κ3) is 2.78. The van der Waals surface area contributed by atoms with Crippen LogP contribution in [0.4, 0.5) is 0 Å². The zero-order chi connectivity index (χ0) is 14.7. The highest BCUT2D eigenvalue weighted by molar-refractivity contribution is 5.94. The van der Waals surface area contributed by atoms with Crippen molar-refractivity contribution in [1.29, 1.82) is 0 Å². The van der Waals surface area contributed by atoms with Crippen LogP contribution in [0.2, 0.25) is 0 Å². The molecule has 2 aromatic rings. The van der Waals surface area contributed by atoms with E-state index in [0.717, 1.165) is 0 Å². The van der Waals surface area contributed by atoms with Crippen LogP contribution in [0.3, 0.4) is 0 Å². The van der Waals surface area contributed by atoms with Crippen LogP contribution in [-0.2, 0) is 13.1 Å². The van der Waals surface area contributed by atoms with Crippen molar-refractivity contribution in [2.45, 2.75) is 13.1 Å². The SMILES string of the molecule is NCC#Cc1cncc(C(=O)N2Cc3ccccc3C2)c1. The summed E-state index contributed by atoms with van der Waals surface area (Å²) in [6.45, 7) is 1.58. The van der Waals surface area contributed by atoms with E-state index < -0.39 is 0 Å². The second kappa shape index (κ2) is 5.78. The van der Waals surface area contributed by atoms with E-state index >= 15 is 0 Å². The number of benzene rings is 1. The van der Waals surface area contributed by atoms with E-state index in [1.165, 1.54) is 11.1 Å². The fourth-order valence-electron chi connectivity index (χ4n) is 2.44. The summed E-state index contributed by atoms with van der Waals surface area (Å²) in [5, 5.41) is 0. The van der Waals surface area contributed by atoms with E-state index in [-0.39, 0.29) is 5.91 Å². The van der Waals surface area contributed by atoms with E-state index in [2.05, 4.69) is 29.0 Å². The molecule has 1 aliphatic rings. The Hall–Kier alpha value is -2.64. The summed E-state index contributed by atoms with van der Waals surface area (Å²) in [4.78, 5) is 18.5. The summed E-state index contributed by atoms with van der Waals surface area (Å²) < 4.78 is 0. The zero-order valence-electron chi connectivity index (χ0n) is 11.5. The average molecular weight is 277 g/mol. The molecule has 0 saturated carbocycles. The van der Waals surface area contributed by atoms with Crippen molar-refractivity contribution in [3.05, 3.63) is 65.0 Å². The number of pyridine rings is 1. The summed E-state index contributed by atoms with van der Waals surface area (Å²) in [5.74, 6) is 5.65. The van der Waals surface area contributed by atoms with Crippen molar-refractivity contribution in [2.24, 2.45) is 5.73 Å². The summed E-state index contributed by atoms with van der Waals surface area (Å²) in [6.07, 6.45) is 3.22. The lowest BCUT2D eigenvalue weighted by Crippen LogP contribution is -2.25. The monoisotopic (exact) mass is 277 g/mol. The van der Waals surface area contributed by atoms with Crippen molar-refractivity contribution in [3.8, 4) is 11.8 Å². The molecule has 0 radical (unpaired) electrons. The molecule has 1 aliphatic heterocycles. The Morgan fingerprint density at radius 2 is 1.95 bits per heavy atom. The number of rotatable bonds is 1. The number of hydrogen-bond donors (Lipinski definition) is 1. The fourth-order valence-corrected chi connectivity index (χ4v) is 2.44. The molecule has 1 aromatic heterocycles. The number of carbonyl (C=O) groups is 1. The van der Waals surface area contributed by atoms with E-state index in [0.29, 0.717) is 30.8 Å². The third-order valence-corrected chi connectivity index (χ3v) is 3.45. The van der Waals surface area contributed by atoms with Crippen LogP contribution in [0, 0.1) is 11.8 Å². The molecule has 0 unspecified atom stereocenters. The highest BCUT2D eigenvalue weighted by atomic mass is 16.2. The van der Waals surface area contributed by atoms with Crippen LogP contribution in [0.25, 0.3) is 0 Å². The van der Waals surface area contributed by atoms with Crippen LogP contribution >= 0.6 is 0 Å². The minimum Gasteiger partial charge on any atom is -0.330 e. The molecule has 0 aliphatic carbocycles. The maximum atomic E-state index is 12.6. The molecule has 3 rings (SSSR count). The van der Waals surface area contributed by atoms with Gasteiger partial charge in [0.2, 0.25) is 0 Å². The molecule has 0 saturated heterocycles. The van der Waals surface area contributed by atoms with Crippen LogP contribution in [0.1, 0.15) is 27.0 Å². The van der Waals surface area contributed by atoms with Crippen molar-refractivity contribution < 1.29 is 4.79 Å². The number of nitrogens with two attached hydrogens (primary N) is 1. The van der Waals surface area contributed by atoms with Gasteiger partial charge >= 0.3 is 0 Å². The van der Waals surface area contributed by atoms with Gasteiger partial charge in [0.05, 0.1) is 12.1 Å². The lowest BCUT2D eigenvalue weighted by atomic mass is 10.1. The standard InChI is InChI=1S/C17H15N3O/c18-7-3-4-13-8-16(10-19-9-13)17(21)20-11-14-5-1-2-6-15(14)12-20/h1-2,5-6,8-10H,7,11-12,18H2. The molecule has 0 spiro atoms. The molecule has 0 atom stereocenters. The normalized spacial score (nSPS) is 12.5. The van der Waals surface area contributed by atoms with Crippen molar-refractivity contribution in [2.75, 3.05) is 6.54 Å². The number of hydrogen-bond acceptors (Lipinski definition) is 3. The van der Waals surface area contributed by atoms with Gasteiger partial charge in [-0.1, -0.05) is 36.1 Å². The summed E-state index contributed by atoms with van der Waals surface area (Å²) in [7, 11) is 0. The fraction of sp³-hybridized carbons (Fsp3) is 0.176. The molecule has 1 amide bonds. The predicted octanol–water partition coefficient (Wildman–Crippen LogP) is 1.55. The van der Waals surface area contributed by atoms with Crippen LogP contribution < -0.4 is 5.73 Å². The maximum Gasteiger partial charge on any atom is 0.256 e. The van der Waals surface area contributed by atoms with Gasteiger partial charge in [0.1, 0.15) is 0 Å². The lowest BCUT2D eigenvalue weighted by Gasteiger charge is -2.15. The van der Waals surface area contributed by atoms with Crippen molar-refractivity contribution >= 4 is 5.91 Å². The highest BCUT2D eigenvalue weighted by Gasteiger charge is 2.24. The van der Waals surface area contributed by atoms with Gasteiger partial charge in [-0.2, -0.15) is 0 Å². The van der Waals surface area contributed by atoms with Gasteiger partial charge in [-0.3, -0.25) is 9.78 Å². The van der Waals surface area contributed by atoms with Gasteiger partial charge in [-0.05, 0) is 17.2 Å².